The highest BCUT2D eigenvalue weighted by Crippen LogP contribution is 2.50. The van der Waals surface area contributed by atoms with Crippen LogP contribution in [0.1, 0.15) is 24.8 Å². The van der Waals surface area contributed by atoms with Gasteiger partial charge in [0.15, 0.2) is 5.17 Å². The van der Waals surface area contributed by atoms with Gasteiger partial charge in [-0.05, 0) is 25.3 Å². The third kappa shape index (κ3) is 2.23. The Hall–Kier alpha value is -1.07. The number of hydrogen-bond acceptors (Lipinski definition) is 4. The van der Waals surface area contributed by atoms with Crippen molar-refractivity contribution in [1.82, 2.24) is 0 Å². The van der Waals surface area contributed by atoms with E-state index in [1.54, 1.807) is 24.9 Å². The van der Waals surface area contributed by atoms with E-state index in [1.165, 1.54) is 6.07 Å². The summed E-state index contributed by atoms with van der Waals surface area (Å²) >= 11 is 1.57. The summed E-state index contributed by atoms with van der Waals surface area (Å²) in [6.07, 6.45) is 2.84. The molecule has 0 radical (unpaired) electrons. The van der Waals surface area contributed by atoms with Crippen LogP contribution < -0.4 is 5.73 Å². The molecule has 2 N–H and O–H groups in total. The van der Waals surface area contributed by atoms with Crippen LogP contribution in [0.15, 0.2) is 29.3 Å². The summed E-state index contributed by atoms with van der Waals surface area (Å²) in [7, 11) is 1.74. The minimum atomic E-state index is -0.504. The van der Waals surface area contributed by atoms with Crippen molar-refractivity contribution in [2.45, 2.75) is 30.9 Å². The first-order valence-electron chi connectivity index (χ1n) is 6.91. The van der Waals surface area contributed by atoms with Crippen LogP contribution >= 0.6 is 11.8 Å². The molecule has 0 saturated heterocycles. The predicted octanol–water partition coefficient (Wildman–Crippen LogP) is 2.90. The van der Waals surface area contributed by atoms with Crippen LogP contribution in [0.5, 0.6) is 0 Å². The van der Waals surface area contributed by atoms with Gasteiger partial charge in [0.2, 0.25) is 0 Å². The normalized spacial score (nSPS) is 33.4. The van der Waals surface area contributed by atoms with Gasteiger partial charge in [0.1, 0.15) is 5.82 Å². The molecule has 0 bridgehead atoms. The number of amidine groups is 1. The Balaban J connectivity index is 2.06. The Morgan fingerprint density at radius 2 is 2.25 bits per heavy atom. The summed E-state index contributed by atoms with van der Waals surface area (Å²) in [5.41, 5.74) is 6.12. The summed E-state index contributed by atoms with van der Waals surface area (Å²) in [6, 6.07) is 6.95. The molecule has 1 aliphatic heterocycles. The van der Waals surface area contributed by atoms with E-state index < -0.39 is 5.54 Å². The van der Waals surface area contributed by atoms with Gasteiger partial charge in [0.05, 0.1) is 11.6 Å². The number of aliphatic imine (C=N–C) groups is 1. The molecule has 0 spiro atoms. The van der Waals surface area contributed by atoms with E-state index in [0.717, 1.165) is 25.0 Å². The number of nitrogens with zero attached hydrogens (tertiary/aromatic N) is 1. The van der Waals surface area contributed by atoms with Crippen LogP contribution in [0.4, 0.5) is 4.39 Å². The average molecular weight is 294 g/mol. The maximum atomic E-state index is 14.3. The van der Waals surface area contributed by atoms with Crippen molar-refractivity contribution in [3.05, 3.63) is 35.6 Å². The van der Waals surface area contributed by atoms with E-state index in [2.05, 4.69) is 0 Å². The molecule has 1 heterocycles. The first-order valence-corrected chi connectivity index (χ1v) is 7.90. The van der Waals surface area contributed by atoms with Gasteiger partial charge >= 0.3 is 0 Å². The largest absolute Gasteiger partial charge is 0.381 e. The number of nitrogens with two attached hydrogens (primary N) is 1. The SMILES string of the molecule is CO[C@@H]1CCC2(c3ccccc3F)N=C(N)SCC2C1. The van der Waals surface area contributed by atoms with Crippen molar-refractivity contribution in [2.24, 2.45) is 16.6 Å². The lowest BCUT2D eigenvalue weighted by atomic mass is 9.68. The second kappa shape index (κ2) is 5.37. The number of halogens is 1. The van der Waals surface area contributed by atoms with Crippen molar-refractivity contribution in [3.63, 3.8) is 0 Å². The molecule has 1 aliphatic carbocycles. The van der Waals surface area contributed by atoms with Gasteiger partial charge in [0, 0.05) is 24.3 Å². The van der Waals surface area contributed by atoms with Crippen LogP contribution in [0, 0.1) is 11.7 Å². The summed E-state index contributed by atoms with van der Waals surface area (Å²) in [5, 5.41) is 0.570. The molecular weight excluding hydrogens is 275 g/mol. The Kier molecular flexibility index (Phi) is 3.73. The van der Waals surface area contributed by atoms with Crippen LogP contribution in [0.3, 0.4) is 0 Å². The fraction of sp³-hybridized carbons (Fsp3) is 0.533. The fourth-order valence-corrected chi connectivity index (χ4v) is 4.44. The van der Waals surface area contributed by atoms with Gasteiger partial charge in [0.25, 0.3) is 0 Å². The van der Waals surface area contributed by atoms with Crippen LogP contribution in [0.25, 0.3) is 0 Å². The number of fused-ring (bicyclic) bond motifs is 1. The van der Waals surface area contributed by atoms with E-state index >= 15 is 0 Å². The zero-order valence-corrected chi connectivity index (χ0v) is 12.3. The van der Waals surface area contributed by atoms with E-state index in [9.17, 15) is 4.39 Å². The highest BCUT2D eigenvalue weighted by molar-refractivity contribution is 8.13. The standard InChI is InChI=1S/C15H19FN2OS/c1-19-11-6-7-15(12-4-2-3-5-13(12)16)10(8-11)9-20-14(17)18-15/h2-5,10-11H,6-9H2,1H3,(H2,17,18)/t10?,11-,15?/m1/s1. The minimum absolute atomic E-state index is 0.184. The second-order valence-corrected chi connectivity index (χ2v) is 6.53. The van der Waals surface area contributed by atoms with Crippen molar-refractivity contribution < 1.29 is 9.13 Å². The smallest absolute Gasteiger partial charge is 0.154 e. The lowest BCUT2D eigenvalue weighted by Gasteiger charge is -2.46. The maximum absolute atomic E-state index is 14.3. The zero-order chi connectivity index (χ0) is 14.2. The Morgan fingerprint density at radius 1 is 1.45 bits per heavy atom. The average Bonchev–Trinajstić information content (AvgIpc) is 2.47. The molecule has 0 amide bonds. The Morgan fingerprint density at radius 3 is 3.00 bits per heavy atom. The van der Waals surface area contributed by atoms with E-state index in [4.69, 9.17) is 15.5 Å². The molecule has 20 heavy (non-hydrogen) atoms. The first-order chi connectivity index (χ1) is 9.65. The highest BCUT2D eigenvalue weighted by Gasteiger charge is 2.48. The molecule has 1 aromatic rings. The fourth-order valence-electron chi connectivity index (χ4n) is 3.42. The first kappa shape index (κ1) is 13.9. The van der Waals surface area contributed by atoms with Gasteiger partial charge in [-0.15, -0.1) is 0 Å². The number of hydrogen-bond donors (Lipinski definition) is 1. The summed E-state index contributed by atoms with van der Waals surface area (Å²) in [6.45, 7) is 0. The van der Waals surface area contributed by atoms with Gasteiger partial charge in [-0.1, -0.05) is 30.0 Å². The monoisotopic (exact) mass is 294 g/mol. The molecule has 3 atom stereocenters. The van der Waals surface area contributed by atoms with Gasteiger partial charge in [-0.2, -0.15) is 0 Å². The van der Waals surface area contributed by atoms with E-state index in [-0.39, 0.29) is 17.8 Å². The third-order valence-electron chi connectivity index (χ3n) is 4.49. The quantitative estimate of drug-likeness (QED) is 0.912. The number of thioether (sulfide) groups is 1. The molecule has 0 aromatic heterocycles. The molecule has 1 fully saturated rings. The lowest BCUT2D eigenvalue weighted by Crippen LogP contribution is -2.46. The summed E-state index contributed by atoms with van der Waals surface area (Å²) in [4.78, 5) is 4.70. The van der Waals surface area contributed by atoms with Crippen molar-refractivity contribution >= 4 is 16.9 Å². The number of methoxy groups -OCH3 is 1. The van der Waals surface area contributed by atoms with Crippen LogP contribution in [0.2, 0.25) is 0 Å². The molecule has 1 aromatic carbocycles. The number of rotatable bonds is 2. The molecule has 2 aliphatic rings. The zero-order valence-electron chi connectivity index (χ0n) is 11.5. The van der Waals surface area contributed by atoms with E-state index in [1.807, 2.05) is 12.1 Å². The molecule has 5 heteroatoms. The van der Waals surface area contributed by atoms with E-state index in [0.29, 0.717) is 10.7 Å². The number of benzene rings is 1. The molecule has 1 saturated carbocycles. The molecular formula is C15H19FN2OS. The van der Waals surface area contributed by atoms with Crippen LogP contribution in [-0.2, 0) is 10.3 Å². The third-order valence-corrected chi connectivity index (χ3v) is 5.44. The second-order valence-electron chi connectivity index (χ2n) is 5.49. The summed E-state index contributed by atoms with van der Waals surface area (Å²) in [5.74, 6) is 0.969. The molecule has 108 valence electrons. The van der Waals surface area contributed by atoms with Crippen molar-refractivity contribution in [1.29, 1.82) is 0 Å². The maximum Gasteiger partial charge on any atom is 0.154 e. The molecule has 2 unspecified atom stereocenters. The Bertz CT molecular complexity index is 536. The lowest BCUT2D eigenvalue weighted by molar-refractivity contribution is 0.0229. The predicted molar refractivity (Wildman–Crippen MR) is 80.3 cm³/mol. The van der Waals surface area contributed by atoms with Crippen molar-refractivity contribution in [3.8, 4) is 0 Å². The van der Waals surface area contributed by atoms with Crippen LogP contribution in [-0.4, -0.2) is 24.1 Å². The molecule has 3 nitrogen and oxygen atoms in total. The van der Waals surface area contributed by atoms with Crippen molar-refractivity contribution in [2.75, 3.05) is 12.9 Å². The molecule has 3 rings (SSSR count). The van der Waals surface area contributed by atoms with Gasteiger partial charge in [-0.3, -0.25) is 4.99 Å². The van der Waals surface area contributed by atoms with Gasteiger partial charge < -0.3 is 10.5 Å². The topological polar surface area (TPSA) is 47.6 Å². The minimum Gasteiger partial charge on any atom is -0.381 e. The highest BCUT2D eigenvalue weighted by atomic mass is 32.2. The van der Waals surface area contributed by atoms with Gasteiger partial charge in [-0.25, -0.2) is 4.39 Å². The number of ether oxygens (including phenoxy) is 1. The Labute approximate surface area is 122 Å². The summed E-state index contributed by atoms with van der Waals surface area (Å²) < 4.78 is 19.8.